The summed E-state index contributed by atoms with van der Waals surface area (Å²) in [4.78, 5) is 35.6. The Bertz CT molecular complexity index is 1290. The molecule has 340 valence electrons. The highest BCUT2D eigenvalue weighted by atomic mass is 16.7. The maximum Gasteiger partial charge on any atom is 0.232 e. The normalized spacial score (nSPS) is 23.7. The molecule has 3 heterocycles. The molecular weight excluding hydrogens is 733 g/mol. The second kappa shape index (κ2) is 20.6. The van der Waals surface area contributed by atoms with Crippen molar-refractivity contribution in [2.75, 3.05) is 28.2 Å². The number of piperidine rings is 2. The van der Waals surface area contributed by atoms with Crippen LogP contribution in [0.25, 0.3) is 0 Å². The molecule has 4 aliphatic rings. The third kappa shape index (κ3) is 12.9. The van der Waals surface area contributed by atoms with E-state index in [1.807, 2.05) is 0 Å². The van der Waals surface area contributed by atoms with Crippen LogP contribution >= 0.6 is 0 Å². The van der Waals surface area contributed by atoms with Crippen LogP contribution in [0.5, 0.6) is 0 Å². The van der Waals surface area contributed by atoms with Gasteiger partial charge in [0.1, 0.15) is 0 Å². The summed E-state index contributed by atoms with van der Waals surface area (Å²) in [6, 6.07) is 0.529. The van der Waals surface area contributed by atoms with Gasteiger partial charge in [-0.2, -0.15) is 25.1 Å². The summed E-state index contributed by atoms with van der Waals surface area (Å²) < 4.78 is 0. The minimum Gasteiger partial charge on any atom is -0.349 e. The Morgan fingerprint density at radius 1 is 0.559 bits per heavy atom. The summed E-state index contributed by atoms with van der Waals surface area (Å²) in [7, 11) is 0. The fourth-order valence-corrected chi connectivity index (χ4v) is 11.5. The van der Waals surface area contributed by atoms with Gasteiger partial charge in [0.15, 0.2) is 0 Å². The van der Waals surface area contributed by atoms with Crippen LogP contribution in [-0.2, 0) is 9.68 Å². The van der Waals surface area contributed by atoms with Crippen LogP contribution in [-0.4, -0.2) is 90.2 Å². The Morgan fingerprint density at radius 3 is 1.29 bits per heavy atom. The second-order valence-corrected chi connectivity index (χ2v) is 22.5. The van der Waals surface area contributed by atoms with Gasteiger partial charge in [-0.15, -0.1) is 0 Å². The van der Waals surface area contributed by atoms with E-state index in [2.05, 4.69) is 115 Å². The van der Waals surface area contributed by atoms with Crippen LogP contribution in [0.2, 0.25) is 0 Å². The first kappa shape index (κ1) is 48.3. The summed E-state index contributed by atoms with van der Waals surface area (Å²) in [6.07, 6.45) is 26.2. The molecule has 0 unspecified atom stereocenters. The third-order valence-electron chi connectivity index (χ3n) is 14.1. The van der Waals surface area contributed by atoms with E-state index in [-0.39, 0.29) is 39.8 Å². The molecule has 2 aliphatic carbocycles. The van der Waals surface area contributed by atoms with Gasteiger partial charge in [-0.1, -0.05) is 91.4 Å². The largest absolute Gasteiger partial charge is 0.349 e. The Balaban J connectivity index is 1.53. The van der Waals surface area contributed by atoms with E-state index >= 15 is 0 Å². The first-order valence-corrected chi connectivity index (χ1v) is 24.8. The molecule has 2 saturated carbocycles. The average molecular weight is 825 g/mol. The van der Waals surface area contributed by atoms with Crippen molar-refractivity contribution in [3.05, 3.63) is 0 Å². The molecule has 1 N–H and O–H groups in total. The summed E-state index contributed by atoms with van der Waals surface area (Å²) in [6.45, 7) is 32.5. The van der Waals surface area contributed by atoms with Gasteiger partial charge in [-0.3, -0.25) is 9.68 Å². The number of hydrogen-bond acceptors (Lipinski definition) is 10. The van der Waals surface area contributed by atoms with E-state index in [0.717, 1.165) is 82.8 Å². The molecule has 4 fully saturated rings. The summed E-state index contributed by atoms with van der Waals surface area (Å²) >= 11 is 0. The van der Waals surface area contributed by atoms with Crippen molar-refractivity contribution in [3.63, 3.8) is 0 Å². The highest BCUT2D eigenvalue weighted by molar-refractivity contribution is 5.48. The Hall–Kier alpha value is -1.75. The van der Waals surface area contributed by atoms with Crippen molar-refractivity contribution >= 4 is 17.8 Å². The van der Waals surface area contributed by atoms with Crippen molar-refractivity contribution in [1.82, 2.24) is 25.1 Å². The first-order valence-electron chi connectivity index (χ1n) is 24.8. The molecule has 2 aliphatic heterocycles. The highest BCUT2D eigenvalue weighted by Gasteiger charge is 2.51. The molecule has 0 amide bonds. The lowest BCUT2D eigenvalue weighted by molar-refractivity contribution is -0.310. The predicted octanol–water partition coefficient (Wildman–Crippen LogP) is 12.4. The zero-order chi connectivity index (χ0) is 43.1. The standard InChI is InChI=1S/C49H92N8O2/c1-14-17-26-31-45(4,5)53-42-50-43(54(32-18-15-2)38-34-46(6,7)56(47(8,9)35-38)58-40-27-22-20-23-28-40)52-44(51-42)55(33-19-16-3)39-36-48(10,11)57(49(12,13)37-39)59-41-29-24-21-25-30-41/h38-41H,14-37H2,1-13H3,(H,50,51,52,53). The Morgan fingerprint density at radius 2 is 0.932 bits per heavy atom. The average Bonchev–Trinajstić information content (AvgIpc) is 3.15. The molecule has 1 aromatic heterocycles. The molecule has 0 spiro atoms. The third-order valence-corrected chi connectivity index (χ3v) is 14.1. The molecule has 5 rings (SSSR count). The van der Waals surface area contributed by atoms with Crippen molar-refractivity contribution in [2.45, 2.75) is 283 Å². The van der Waals surface area contributed by atoms with Gasteiger partial charge in [0.05, 0.1) is 12.2 Å². The predicted molar refractivity (Wildman–Crippen MR) is 248 cm³/mol. The molecule has 1 aromatic rings. The molecule has 0 aromatic carbocycles. The van der Waals surface area contributed by atoms with Crippen LogP contribution in [0, 0.1) is 0 Å². The first-order chi connectivity index (χ1) is 27.8. The fraction of sp³-hybridized carbons (Fsp3) is 0.939. The SMILES string of the molecule is CCCCCC(C)(C)Nc1nc(N(CCCC)C2CC(C)(C)N(OC3CCCCC3)C(C)(C)C2)nc(N(CCCC)C2CC(C)(C)N(OC3CCCCC3)C(C)(C)C2)n1. The van der Waals surface area contributed by atoms with Gasteiger partial charge in [0.2, 0.25) is 17.8 Å². The summed E-state index contributed by atoms with van der Waals surface area (Å²) in [5.74, 6) is 2.36. The maximum absolute atomic E-state index is 6.98. The number of hydroxylamine groups is 4. The van der Waals surface area contributed by atoms with Gasteiger partial charge in [0.25, 0.3) is 0 Å². The second-order valence-electron chi connectivity index (χ2n) is 22.5. The lowest BCUT2D eigenvalue weighted by Gasteiger charge is -2.57. The lowest BCUT2D eigenvalue weighted by Crippen LogP contribution is -2.65. The van der Waals surface area contributed by atoms with Crippen LogP contribution in [0.4, 0.5) is 17.8 Å². The van der Waals surface area contributed by atoms with Crippen LogP contribution in [0.3, 0.4) is 0 Å². The minimum absolute atomic E-state index is 0.148. The van der Waals surface area contributed by atoms with E-state index in [0.29, 0.717) is 18.2 Å². The summed E-state index contributed by atoms with van der Waals surface area (Å²) in [5, 5.41) is 8.68. The quantitative estimate of drug-likeness (QED) is 0.128. The molecule has 10 nitrogen and oxygen atoms in total. The zero-order valence-electron chi connectivity index (χ0n) is 40.7. The number of aromatic nitrogens is 3. The Labute approximate surface area is 363 Å². The number of anilines is 3. The van der Waals surface area contributed by atoms with E-state index < -0.39 is 0 Å². The maximum atomic E-state index is 6.98. The van der Waals surface area contributed by atoms with Gasteiger partial charge in [-0.05, 0) is 140 Å². The van der Waals surface area contributed by atoms with Gasteiger partial charge < -0.3 is 15.1 Å². The smallest absolute Gasteiger partial charge is 0.232 e. The van der Waals surface area contributed by atoms with Gasteiger partial charge in [0, 0.05) is 52.9 Å². The molecule has 0 atom stereocenters. The topological polar surface area (TPSA) is 82.1 Å². The lowest BCUT2D eigenvalue weighted by atomic mass is 9.78. The zero-order valence-corrected chi connectivity index (χ0v) is 40.7. The van der Waals surface area contributed by atoms with Gasteiger partial charge >= 0.3 is 0 Å². The number of rotatable bonds is 20. The van der Waals surface area contributed by atoms with Gasteiger partial charge in [-0.25, -0.2) is 0 Å². The van der Waals surface area contributed by atoms with Crippen LogP contribution < -0.4 is 15.1 Å². The van der Waals surface area contributed by atoms with Crippen molar-refractivity contribution in [2.24, 2.45) is 0 Å². The van der Waals surface area contributed by atoms with Crippen molar-refractivity contribution < 1.29 is 9.68 Å². The highest BCUT2D eigenvalue weighted by Crippen LogP contribution is 2.45. The number of hydrogen-bond donors (Lipinski definition) is 1. The van der Waals surface area contributed by atoms with E-state index in [4.69, 9.17) is 24.6 Å². The number of unbranched alkanes of at least 4 members (excludes halogenated alkanes) is 4. The molecule has 2 saturated heterocycles. The van der Waals surface area contributed by atoms with E-state index in [1.165, 1.54) is 83.5 Å². The minimum atomic E-state index is -0.148. The Kier molecular flexibility index (Phi) is 16.9. The monoisotopic (exact) mass is 825 g/mol. The molecule has 10 heteroatoms. The van der Waals surface area contributed by atoms with Crippen molar-refractivity contribution in [3.8, 4) is 0 Å². The number of nitrogens with one attached hydrogen (secondary N) is 1. The van der Waals surface area contributed by atoms with E-state index in [9.17, 15) is 0 Å². The molecule has 0 radical (unpaired) electrons. The van der Waals surface area contributed by atoms with E-state index in [1.54, 1.807) is 0 Å². The number of nitrogens with zero attached hydrogens (tertiary/aromatic N) is 7. The van der Waals surface area contributed by atoms with Crippen LogP contribution in [0.15, 0.2) is 0 Å². The molecule has 0 bridgehead atoms. The molecular formula is C49H92N8O2. The van der Waals surface area contributed by atoms with Crippen LogP contribution in [0.1, 0.15) is 231 Å². The fourth-order valence-electron chi connectivity index (χ4n) is 11.5. The molecule has 59 heavy (non-hydrogen) atoms. The van der Waals surface area contributed by atoms with Crippen molar-refractivity contribution in [1.29, 1.82) is 0 Å². The summed E-state index contributed by atoms with van der Waals surface area (Å²) in [5.41, 5.74) is -0.741.